The molecule has 2 heterocycles. The van der Waals surface area contributed by atoms with Gasteiger partial charge in [-0.3, -0.25) is 9.78 Å². The molecular weight excluding hydrogens is 507 g/mol. The molecule has 0 saturated carbocycles. The Morgan fingerprint density at radius 2 is 1.82 bits per heavy atom. The van der Waals surface area contributed by atoms with Crippen molar-refractivity contribution in [3.8, 4) is 5.75 Å². The molecule has 1 amide bonds. The molecule has 3 aromatic carbocycles. The number of halogens is 1. The first kappa shape index (κ1) is 25.5. The Balaban J connectivity index is 1.45. The van der Waals surface area contributed by atoms with Crippen LogP contribution in [0.25, 0.3) is 10.8 Å². The first-order chi connectivity index (χ1) is 18.3. The van der Waals surface area contributed by atoms with Crippen molar-refractivity contribution < 1.29 is 22.3 Å². The molecule has 5 rings (SSSR count). The quantitative estimate of drug-likeness (QED) is 0.352. The van der Waals surface area contributed by atoms with Gasteiger partial charge in [-0.2, -0.15) is 9.41 Å². The monoisotopic (exact) mass is 532 g/mol. The molecule has 0 aliphatic carbocycles. The van der Waals surface area contributed by atoms with E-state index in [0.29, 0.717) is 34.2 Å². The van der Waals surface area contributed by atoms with Crippen molar-refractivity contribution in [2.45, 2.75) is 17.4 Å². The number of hydrazone groups is 1. The largest absolute Gasteiger partial charge is 0.497 e. The van der Waals surface area contributed by atoms with E-state index < -0.39 is 34.3 Å². The molecule has 0 bridgehead atoms. The van der Waals surface area contributed by atoms with Crippen LogP contribution in [0.15, 0.2) is 95.2 Å². The van der Waals surface area contributed by atoms with Gasteiger partial charge in [-0.15, -0.1) is 0 Å². The van der Waals surface area contributed by atoms with Crippen LogP contribution in [0.4, 0.5) is 4.39 Å². The zero-order chi connectivity index (χ0) is 26.9. The Labute approximate surface area is 220 Å². The Morgan fingerprint density at radius 3 is 2.53 bits per heavy atom. The van der Waals surface area contributed by atoms with Crippen LogP contribution in [-0.4, -0.2) is 55.0 Å². The smallest absolute Gasteiger partial charge is 0.258 e. The third-order valence-corrected chi connectivity index (χ3v) is 8.39. The van der Waals surface area contributed by atoms with Crippen molar-refractivity contribution in [1.82, 2.24) is 14.3 Å². The number of fused-ring (bicyclic) bond motifs is 1. The number of benzene rings is 3. The number of nitrogens with zero attached hydrogens (tertiary/aromatic N) is 4. The summed E-state index contributed by atoms with van der Waals surface area (Å²) >= 11 is 0. The van der Waals surface area contributed by atoms with Crippen LogP contribution in [0, 0.1) is 5.82 Å². The van der Waals surface area contributed by atoms with Crippen molar-refractivity contribution >= 4 is 32.4 Å². The minimum absolute atomic E-state index is 0.0895. The van der Waals surface area contributed by atoms with Crippen molar-refractivity contribution in [3.63, 3.8) is 0 Å². The van der Waals surface area contributed by atoms with E-state index in [4.69, 9.17) is 4.74 Å². The highest BCUT2D eigenvalue weighted by molar-refractivity contribution is 7.89. The highest BCUT2D eigenvalue weighted by atomic mass is 32.2. The van der Waals surface area contributed by atoms with Gasteiger partial charge in [-0.25, -0.2) is 17.8 Å². The standard InChI is InChI=1S/C28H25FN4O4S/c1-32(38(35,36)27-5-3-4-21-17-30-15-14-24(21)27)18-28(34)33-26(20-6-10-22(29)11-7-20)16-25(31-33)19-8-12-23(37-2)13-9-19/h3-15,17,26H,16,18H2,1-2H3. The van der Waals surface area contributed by atoms with Crippen LogP contribution in [0.2, 0.25) is 0 Å². The van der Waals surface area contributed by atoms with Crippen LogP contribution in [-0.2, 0) is 14.8 Å². The molecule has 1 aromatic heterocycles. The van der Waals surface area contributed by atoms with Crippen LogP contribution >= 0.6 is 0 Å². The number of methoxy groups -OCH3 is 1. The molecule has 0 saturated heterocycles. The number of pyridine rings is 1. The molecule has 1 aliphatic rings. The number of sulfonamides is 1. The number of amides is 1. The highest BCUT2D eigenvalue weighted by Crippen LogP contribution is 2.34. The maximum absolute atomic E-state index is 13.6. The van der Waals surface area contributed by atoms with E-state index in [9.17, 15) is 17.6 Å². The molecule has 0 fully saturated rings. The molecule has 0 N–H and O–H groups in total. The molecule has 8 nitrogen and oxygen atoms in total. The zero-order valence-electron chi connectivity index (χ0n) is 20.8. The van der Waals surface area contributed by atoms with E-state index in [1.807, 2.05) is 12.1 Å². The summed E-state index contributed by atoms with van der Waals surface area (Å²) in [5.41, 5.74) is 2.15. The van der Waals surface area contributed by atoms with Crippen molar-refractivity contribution in [1.29, 1.82) is 0 Å². The average Bonchev–Trinajstić information content (AvgIpc) is 3.39. The van der Waals surface area contributed by atoms with Gasteiger partial charge in [0.25, 0.3) is 5.91 Å². The molecule has 1 unspecified atom stereocenters. The Morgan fingerprint density at radius 1 is 1.08 bits per heavy atom. The van der Waals surface area contributed by atoms with Gasteiger partial charge in [0.2, 0.25) is 10.0 Å². The summed E-state index contributed by atoms with van der Waals surface area (Å²) < 4.78 is 46.8. The van der Waals surface area contributed by atoms with E-state index in [2.05, 4.69) is 10.1 Å². The van der Waals surface area contributed by atoms with E-state index in [0.717, 1.165) is 9.87 Å². The second-order valence-electron chi connectivity index (χ2n) is 8.90. The van der Waals surface area contributed by atoms with Gasteiger partial charge in [0, 0.05) is 36.6 Å². The number of hydrogen-bond donors (Lipinski definition) is 0. The predicted molar refractivity (Wildman–Crippen MR) is 142 cm³/mol. The summed E-state index contributed by atoms with van der Waals surface area (Å²) in [6, 6.07) is 19.2. The molecule has 1 aliphatic heterocycles. The third kappa shape index (κ3) is 4.88. The number of carbonyl (C=O) groups is 1. The Kier molecular flexibility index (Phi) is 6.92. The molecule has 0 radical (unpaired) electrons. The second kappa shape index (κ2) is 10.3. The summed E-state index contributed by atoms with van der Waals surface area (Å²) in [4.78, 5) is 17.7. The van der Waals surface area contributed by atoms with E-state index in [-0.39, 0.29) is 4.90 Å². The minimum atomic E-state index is -4.01. The van der Waals surface area contributed by atoms with Crippen LogP contribution in [0.5, 0.6) is 5.75 Å². The summed E-state index contributed by atoms with van der Waals surface area (Å²) in [6.07, 6.45) is 3.50. The number of aromatic nitrogens is 1. The van der Waals surface area contributed by atoms with Crippen LogP contribution in [0.3, 0.4) is 0 Å². The molecule has 194 valence electrons. The normalized spacial score (nSPS) is 15.6. The first-order valence-corrected chi connectivity index (χ1v) is 13.3. The number of rotatable bonds is 7. The molecule has 0 spiro atoms. The lowest BCUT2D eigenvalue weighted by atomic mass is 9.98. The predicted octanol–water partition coefficient (Wildman–Crippen LogP) is 4.38. The van der Waals surface area contributed by atoms with Gasteiger partial charge in [-0.1, -0.05) is 24.3 Å². The van der Waals surface area contributed by atoms with Gasteiger partial charge in [0.05, 0.1) is 30.3 Å². The summed E-state index contributed by atoms with van der Waals surface area (Å²) in [5, 5.41) is 7.08. The van der Waals surface area contributed by atoms with Crippen molar-refractivity contribution in [2.24, 2.45) is 5.10 Å². The summed E-state index contributed by atoms with van der Waals surface area (Å²) in [5.74, 6) is -0.209. The lowest BCUT2D eigenvalue weighted by Gasteiger charge is -2.25. The van der Waals surface area contributed by atoms with Gasteiger partial charge in [-0.05, 0) is 59.7 Å². The Bertz CT molecular complexity index is 1620. The van der Waals surface area contributed by atoms with Gasteiger partial charge >= 0.3 is 0 Å². The maximum Gasteiger partial charge on any atom is 0.258 e. The lowest BCUT2D eigenvalue weighted by Crippen LogP contribution is -2.39. The highest BCUT2D eigenvalue weighted by Gasteiger charge is 2.35. The van der Waals surface area contributed by atoms with Crippen molar-refractivity contribution in [2.75, 3.05) is 20.7 Å². The SMILES string of the molecule is COc1ccc(C2=NN(C(=O)CN(C)S(=O)(=O)c3cccc4cnccc34)C(c3ccc(F)cc3)C2)cc1. The minimum Gasteiger partial charge on any atom is -0.497 e. The number of carbonyl (C=O) groups excluding carboxylic acids is 1. The van der Waals surface area contributed by atoms with Crippen LogP contribution in [0.1, 0.15) is 23.6 Å². The zero-order valence-corrected chi connectivity index (χ0v) is 21.6. The third-order valence-electron chi connectivity index (χ3n) is 6.53. The first-order valence-electron chi connectivity index (χ1n) is 11.9. The molecular formula is C28H25FN4O4S. The fraction of sp³-hybridized carbons (Fsp3) is 0.179. The van der Waals surface area contributed by atoms with Gasteiger partial charge in [0.15, 0.2) is 0 Å². The molecule has 38 heavy (non-hydrogen) atoms. The summed E-state index contributed by atoms with van der Waals surface area (Å²) in [6.45, 7) is -0.430. The van der Waals surface area contributed by atoms with Gasteiger partial charge in [0.1, 0.15) is 11.6 Å². The molecule has 1 atom stereocenters. The molecule has 10 heteroatoms. The van der Waals surface area contributed by atoms with E-state index >= 15 is 0 Å². The fourth-order valence-corrected chi connectivity index (χ4v) is 5.81. The molecule has 4 aromatic rings. The topological polar surface area (TPSA) is 92.2 Å². The second-order valence-corrected chi connectivity index (χ2v) is 10.9. The van der Waals surface area contributed by atoms with E-state index in [1.54, 1.807) is 55.8 Å². The lowest BCUT2D eigenvalue weighted by molar-refractivity contribution is -0.133. The van der Waals surface area contributed by atoms with E-state index in [1.165, 1.54) is 36.5 Å². The number of ether oxygens (including phenoxy) is 1. The van der Waals surface area contributed by atoms with Crippen LogP contribution < -0.4 is 4.74 Å². The fourth-order valence-electron chi connectivity index (χ4n) is 4.48. The Hall–Kier alpha value is -4.15. The maximum atomic E-state index is 13.6. The average molecular weight is 533 g/mol. The number of hydrogen-bond acceptors (Lipinski definition) is 6. The van der Waals surface area contributed by atoms with Crippen molar-refractivity contribution in [3.05, 3.63) is 102 Å². The summed E-state index contributed by atoms with van der Waals surface area (Å²) in [7, 11) is -1.06. The van der Waals surface area contributed by atoms with Gasteiger partial charge < -0.3 is 4.74 Å². The number of likely N-dealkylation sites (N-methyl/N-ethyl adjacent to an activating group) is 1.